The molecule has 0 amide bonds. The molecule has 0 bridgehead atoms. The van der Waals surface area contributed by atoms with E-state index >= 15 is 0 Å². The first-order valence-electron chi connectivity index (χ1n) is 4.70. The Morgan fingerprint density at radius 2 is 2.00 bits per heavy atom. The van der Waals surface area contributed by atoms with E-state index in [1.54, 1.807) is 0 Å². The summed E-state index contributed by atoms with van der Waals surface area (Å²) in [5.41, 5.74) is -0.0595. The van der Waals surface area contributed by atoms with Gasteiger partial charge in [0.05, 0.1) is 0 Å². The van der Waals surface area contributed by atoms with Gasteiger partial charge in [0.25, 0.3) is 0 Å². The highest BCUT2D eigenvalue weighted by Gasteiger charge is 2.13. The molecule has 1 heterocycles. The molecular weight excluding hydrogens is 266 g/mol. The lowest BCUT2D eigenvalue weighted by Crippen LogP contribution is -2.02. The number of hydrogen-bond donors (Lipinski definition) is 1. The van der Waals surface area contributed by atoms with Crippen molar-refractivity contribution < 1.29 is 18.7 Å². The van der Waals surface area contributed by atoms with Gasteiger partial charge >= 0.3 is 5.97 Å². The average molecular weight is 271 g/mol. The molecule has 2 aromatic rings. The van der Waals surface area contributed by atoms with E-state index in [1.807, 2.05) is 0 Å². The Labute approximate surface area is 105 Å². The van der Waals surface area contributed by atoms with Gasteiger partial charge in [-0.15, -0.1) is 0 Å². The van der Waals surface area contributed by atoms with E-state index < -0.39 is 17.6 Å². The standard InChI is InChI=1S/C11H5ClF2N2O2/c12-9-6(11(17)18)4-15-10(16-9)5-1-2-7(13)8(14)3-5/h1-4H,(H,17,18). The monoisotopic (exact) mass is 270 g/mol. The summed E-state index contributed by atoms with van der Waals surface area (Å²) in [5, 5.41) is 8.47. The summed E-state index contributed by atoms with van der Waals surface area (Å²) in [6.07, 6.45) is 1.01. The molecule has 0 aliphatic heterocycles. The lowest BCUT2D eigenvalue weighted by atomic mass is 10.2. The molecule has 2 rings (SSSR count). The number of nitrogens with zero attached hydrogens (tertiary/aromatic N) is 2. The van der Waals surface area contributed by atoms with Crippen LogP contribution in [0.2, 0.25) is 5.15 Å². The Kier molecular flexibility index (Phi) is 3.20. The number of carboxylic acids is 1. The number of halogens is 3. The molecule has 0 unspecified atom stereocenters. The Morgan fingerprint density at radius 3 is 2.56 bits per heavy atom. The zero-order valence-corrected chi connectivity index (χ0v) is 9.45. The van der Waals surface area contributed by atoms with Crippen LogP contribution in [-0.4, -0.2) is 21.0 Å². The van der Waals surface area contributed by atoms with Crippen molar-refractivity contribution in [3.63, 3.8) is 0 Å². The molecule has 1 aromatic carbocycles. The highest BCUT2D eigenvalue weighted by molar-refractivity contribution is 6.32. The predicted octanol–water partition coefficient (Wildman–Crippen LogP) is 2.77. The third-order valence-electron chi connectivity index (χ3n) is 2.15. The maximum absolute atomic E-state index is 13.0. The molecule has 0 radical (unpaired) electrons. The van der Waals surface area contributed by atoms with Gasteiger partial charge in [-0.3, -0.25) is 0 Å². The summed E-state index contributed by atoms with van der Waals surface area (Å²) >= 11 is 5.65. The predicted molar refractivity (Wildman–Crippen MR) is 59.4 cm³/mol. The summed E-state index contributed by atoms with van der Waals surface area (Å²) in [7, 11) is 0. The van der Waals surface area contributed by atoms with Crippen LogP contribution in [0.25, 0.3) is 11.4 Å². The Hall–Kier alpha value is -2.08. The van der Waals surface area contributed by atoms with Crippen molar-refractivity contribution >= 4 is 17.6 Å². The Bertz CT molecular complexity index is 634. The lowest BCUT2D eigenvalue weighted by Gasteiger charge is -2.03. The SMILES string of the molecule is O=C(O)c1cnc(-c2ccc(F)c(F)c2)nc1Cl. The molecule has 0 spiro atoms. The fourth-order valence-corrected chi connectivity index (χ4v) is 1.49. The van der Waals surface area contributed by atoms with Crippen molar-refractivity contribution in [3.8, 4) is 11.4 Å². The molecule has 4 nitrogen and oxygen atoms in total. The number of aromatic carboxylic acids is 1. The van der Waals surface area contributed by atoms with Gasteiger partial charge in [-0.2, -0.15) is 0 Å². The number of benzene rings is 1. The van der Waals surface area contributed by atoms with Crippen LogP contribution in [0.4, 0.5) is 8.78 Å². The molecule has 0 fully saturated rings. The van der Waals surface area contributed by atoms with Gasteiger partial charge < -0.3 is 5.11 Å². The third kappa shape index (κ3) is 2.28. The molecule has 18 heavy (non-hydrogen) atoms. The lowest BCUT2D eigenvalue weighted by molar-refractivity contribution is 0.0696. The van der Waals surface area contributed by atoms with E-state index in [0.29, 0.717) is 0 Å². The fourth-order valence-electron chi connectivity index (χ4n) is 1.28. The summed E-state index contributed by atoms with van der Waals surface area (Å²) < 4.78 is 25.8. The van der Waals surface area contributed by atoms with Crippen molar-refractivity contribution in [1.82, 2.24) is 9.97 Å². The van der Waals surface area contributed by atoms with Crippen molar-refractivity contribution in [2.24, 2.45) is 0 Å². The highest BCUT2D eigenvalue weighted by atomic mass is 35.5. The van der Waals surface area contributed by atoms with Crippen molar-refractivity contribution in [2.45, 2.75) is 0 Å². The molecule has 0 aliphatic carbocycles. The number of rotatable bonds is 2. The van der Waals surface area contributed by atoms with Gasteiger partial charge in [0, 0.05) is 11.8 Å². The van der Waals surface area contributed by atoms with Gasteiger partial charge in [0.2, 0.25) is 0 Å². The fraction of sp³-hybridized carbons (Fsp3) is 0. The number of carbonyl (C=O) groups is 1. The van der Waals surface area contributed by atoms with Crippen molar-refractivity contribution in [3.05, 3.63) is 46.7 Å². The minimum atomic E-state index is -1.27. The first kappa shape index (κ1) is 12.4. The van der Waals surface area contributed by atoms with Crippen LogP contribution in [-0.2, 0) is 0 Å². The molecule has 92 valence electrons. The first-order chi connectivity index (χ1) is 8.49. The summed E-state index contributed by atoms with van der Waals surface area (Å²) in [6, 6.07) is 3.10. The molecule has 0 saturated heterocycles. The van der Waals surface area contributed by atoms with E-state index in [1.165, 1.54) is 6.07 Å². The second kappa shape index (κ2) is 4.66. The molecule has 1 N–H and O–H groups in total. The van der Waals surface area contributed by atoms with Gasteiger partial charge in [0.1, 0.15) is 10.7 Å². The zero-order chi connectivity index (χ0) is 13.3. The molecule has 0 aliphatic rings. The van der Waals surface area contributed by atoms with Gasteiger partial charge in [-0.1, -0.05) is 11.6 Å². The van der Waals surface area contributed by atoms with Gasteiger partial charge in [-0.05, 0) is 18.2 Å². The number of carboxylic acid groups (broad SMARTS) is 1. The van der Waals surface area contributed by atoms with Crippen molar-refractivity contribution in [1.29, 1.82) is 0 Å². The van der Waals surface area contributed by atoms with E-state index in [2.05, 4.69) is 9.97 Å². The minimum absolute atomic E-state index is 0.0175. The molecule has 0 saturated carbocycles. The number of aromatic nitrogens is 2. The smallest absolute Gasteiger partial charge is 0.340 e. The van der Waals surface area contributed by atoms with Gasteiger partial charge in [0.15, 0.2) is 17.5 Å². The maximum Gasteiger partial charge on any atom is 0.340 e. The van der Waals surface area contributed by atoms with E-state index in [0.717, 1.165) is 18.3 Å². The normalized spacial score (nSPS) is 10.4. The van der Waals surface area contributed by atoms with Crippen LogP contribution in [0.3, 0.4) is 0 Å². The Balaban J connectivity index is 2.48. The summed E-state index contributed by atoms with van der Waals surface area (Å²) in [4.78, 5) is 18.2. The van der Waals surface area contributed by atoms with Crippen LogP contribution in [0.15, 0.2) is 24.4 Å². The second-order valence-electron chi connectivity index (χ2n) is 3.33. The minimum Gasteiger partial charge on any atom is -0.478 e. The van der Waals surface area contributed by atoms with Crippen molar-refractivity contribution in [2.75, 3.05) is 0 Å². The second-order valence-corrected chi connectivity index (χ2v) is 3.69. The largest absolute Gasteiger partial charge is 0.478 e. The molecule has 7 heteroatoms. The summed E-state index contributed by atoms with van der Waals surface area (Å²) in [6.45, 7) is 0. The topological polar surface area (TPSA) is 63.1 Å². The van der Waals surface area contributed by atoms with Crippen LogP contribution >= 0.6 is 11.6 Å². The maximum atomic E-state index is 13.0. The van der Waals surface area contributed by atoms with E-state index in [4.69, 9.17) is 16.7 Å². The molecular formula is C11H5ClF2N2O2. The van der Waals surface area contributed by atoms with E-state index in [-0.39, 0.29) is 22.1 Å². The molecule has 0 atom stereocenters. The first-order valence-corrected chi connectivity index (χ1v) is 5.08. The van der Waals surface area contributed by atoms with Crippen LogP contribution in [0, 0.1) is 11.6 Å². The third-order valence-corrected chi connectivity index (χ3v) is 2.44. The Morgan fingerprint density at radius 1 is 1.28 bits per heavy atom. The molecule has 1 aromatic heterocycles. The van der Waals surface area contributed by atoms with Crippen LogP contribution < -0.4 is 0 Å². The van der Waals surface area contributed by atoms with E-state index in [9.17, 15) is 13.6 Å². The van der Waals surface area contributed by atoms with Crippen LogP contribution in [0.5, 0.6) is 0 Å². The summed E-state index contributed by atoms with van der Waals surface area (Å²) in [5.74, 6) is -3.29. The quantitative estimate of drug-likeness (QED) is 0.852. The zero-order valence-electron chi connectivity index (χ0n) is 8.69. The average Bonchev–Trinajstić information content (AvgIpc) is 2.32. The number of hydrogen-bond acceptors (Lipinski definition) is 3. The van der Waals surface area contributed by atoms with Crippen LogP contribution in [0.1, 0.15) is 10.4 Å². The van der Waals surface area contributed by atoms with Gasteiger partial charge in [-0.25, -0.2) is 23.5 Å². The highest BCUT2D eigenvalue weighted by Crippen LogP contribution is 2.21.